The highest BCUT2D eigenvalue weighted by Gasteiger charge is 2.45. The number of carbonyl (C=O) groups excluding carboxylic acids is 3. The molecule has 3 amide bonds. The molecule has 0 aliphatic carbocycles. The molecule has 0 radical (unpaired) electrons. The molecule has 2 aliphatic rings. The van der Waals surface area contributed by atoms with Crippen LogP contribution in [0, 0.1) is 24.0 Å². The van der Waals surface area contributed by atoms with Crippen LogP contribution < -0.4 is 15.4 Å². The Balaban J connectivity index is 0.808. The molecule has 4 heterocycles. The number of halogens is 3. The number of ether oxygens (including phenoxy) is 2. The van der Waals surface area contributed by atoms with E-state index in [4.69, 9.17) is 9.47 Å². The van der Waals surface area contributed by atoms with E-state index in [0.717, 1.165) is 51.0 Å². The molecule has 2 aromatic heterocycles. The number of carbonyl (C=O) groups is 3. The number of aryl methyl sites for hydroxylation is 1. The number of hydrogen-bond donors (Lipinski definition) is 4. The summed E-state index contributed by atoms with van der Waals surface area (Å²) in [5, 5.41) is 17.4. The van der Waals surface area contributed by atoms with E-state index in [9.17, 15) is 19.5 Å². The first-order valence-electron chi connectivity index (χ1n) is 24.6. The highest BCUT2D eigenvalue weighted by atomic mass is 32.1. The summed E-state index contributed by atoms with van der Waals surface area (Å²) in [6, 6.07) is 15.3. The molecule has 1 unspecified atom stereocenters. The Kier molecular flexibility index (Phi) is 17.1. The van der Waals surface area contributed by atoms with E-state index in [-0.39, 0.29) is 68.3 Å². The summed E-state index contributed by atoms with van der Waals surface area (Å²) in [6.07, 6.45) is 3.39. The first-order valence-corrected chi connectivity index (χ1v) is 25.5. The summed E-state index contributed by atoms with van der Waals surface area (Å²) in [6.45, 7) is 13.9. The number of aromatic nitrogens is 2. The van der Waals surface area contributed by atoms with E-state index in [1.165, 1.54) is 30.9 Å². The Labute approximate surface area is 413 Å². The van der Waals surface area contributed by atoms with Gasteiger partial charge < -0.3 is 35.1 Å². The van der Waals surface area contributed by atoms with Crippen LogP contribution in [0.1, 0.15) is 121 Å². The topological polar surface area (TPSA) is 149 Å². The standard InChI is InChI=1S/C54H69F3N6O6S/c1-33-25-40-39-15-9-10-16-43(39)60-47(40)48(63(33)31-54(6,7)57)46-41(55)27-38(28-42(46)56)69-24-13-8-12-22-68-23-14-11-17-45(65)61-50(53(3,4)5)52(67)62-30-37(64)26-44(62)51(66)58-29-35-18-20-36(21-19-35)49-34(2)59-32-70-49/h9-10,15-16,18-21,27-28,32-33,37,44,48,50,60,64H,8,11-14,17,22-26,29-31H2,1-7H3,(H,58,66)(H,61,65)/t33-,37-,44+,48-,50?/m1/s1. The van der Waals surface area contributed by atoms with Crippen molar-refractivity contribution >= 4 is 40.0 Å². The first-order chi connectivity index (χ1) is 33.3. The van der Waals surface area contributed by atoms with Crippen LogP contribution in [-0.2, 0) is 32.1 Å². The summed E-state index contributed by atoms with van der Waals surface area (Å²) >= 11 is 1.57. The predicted octanol–water partition coefficient (Wildman–Crippen LogP) is 9.51. The predicted molar refractivity (Wildman–Crippen MR) is 267 cm³/mol. The van der Waals surface area contributed by atoms with Crippen LogP contribution >= 0.6 is 11.3 Å². The highest BCUT2D eigenvalue weighted by Crippen LogP contribution is 2.44. The fourth-order valence-electron chi connectivity index (χ4n) is 9.68. The minimum atomic E-state index is -1.59. The normalized spacial score (nSPS) is 19.0. The zero-order chi connectivity index (χ0) is 50.3. The van der Waals surface area contributed by atoms with Crippen molar-refractivity contribution in [3.05, 3.63) is 106 Å². The number of rotatable bonds is 21. The van der Waals surface area contributed by atoms with Gasteiger partial charge in [-0.1, -0.05) is 63.2 Å². The van der Waals surface area contributed by atoms with Crippen molar-refractivity contribution in [2.75, 3.05) is 32.9 Å². The lowest BCUT2D eigenvalue weighted by Gasteiger charge is -2.43. The maximum absolute atomic E-state index is 16.0. The van der Waals surface area contributed by atoms with Crippen LogP contribution in [0.3, 0.4) is 0 Å². The number of β-amino-alcohol motifs (C(OH)–C–C–N with tert-alkyl or cyclic N) is 1. The number of fused-ring (bicyclic) bond motifs is 3. The van der Waals surface area contributed by atoms with Gasteiger partial charge in [0.2, 0.25) is 17.7 Å². The molecule has 7 rings (SSSR count). The van der Waals surface area contributed by atoms with E-state index in [2.05, 4.69) is 20.6 Å². The second-order valence-corrected chi connectivity index (χ2v) is 21.5. The second-order valence-electron chi connectivity index (χ2n) is 20.6. The number of amides is 3. The summed E-state index contributed by atoms with van der Waals surface area (Å²) in [5.41, 5.74) is 4.86. The Morgan fingerprint density at radius 2 is 1.64 bits per heavy atom. The van der Waals surface area contributed by atoms with Crippen molar-refractivity contribution in [1.29, 1.82) is 0 Å². The number of aromatic amines is 1. The Morgan fingerprint density at radius 3 is 2.31 bits per heavy atom. The van der Waals surface area contributed by atoms with E-state index < -0.39 is 52.9 Å². The smallest absolute Gasteiger partial charge is 0.246 e. The zero-order valence-electron chi connectivity index (χ0n) is 41.5. The van der Waals surface area contributed by atoms with E-state index in [1.54, 1.807) is 11.3 Å². The highest BCUT2D eigenvalue weighted by molar-refractivity contribution is 7.13. The van der Waals surface area contributed by atoms with Gasteiger partial charge in [-0.2, -0.15) is 0 Å². The molecular formula is C54H69F3N6O6S. The molecule has 1 saturated heterocycles. The van der Waals surface area contributed by atoms with Crippen LogP contribution in [-0.4, -0.2) is 105 Å². The second kappa shape index (κ2) is 22.9. The van der Waals surface area contributed by atoms with Crippen molar-refractivity contribution in [2.24, 2.45) is 5.41 Å². The number of aliphatic hydroxyl groups is 1. The molecule has 12 nitrogen and oxygen atoms in total. The van der Waals surface area contributed by atoms with Gasteiger partial charge in [-0.3, -0.25) is 19.3 Å². The number of thiazole rings is 1. The number of unbranched alkanes of at least 4 members (excludes halogenated alkanes) is 3. The molecule has 70 heavy (non-hydrogen) atoms. The van der Waals surface area contributed by atoms with E-state index in [0.29, 0.717) is 44.6 Å². The maximum atomic E-state index is 16.0. The molecule has 0 spiro atoms. The number of benzene rings is 3. The van der Waals surface area contributed by atoms with Gasteiger partial charge in [0.15, 0.2) is 0 Å². The minimum Gasteiger partial charge on any atom is -0.493 e. The van der Waals surface area contributed by atoms with Gasteiger partial charge in [0.25, 0.3) is 0 Å². The van der Waals surface area contributed by atoms with Gasteiger partial charge in [-0.05, 0) is 94.4 Å². The maximum Gasteiger partial charge on any atom is 0.246 e. The largest absolute Gasteiger partial charge is 0.493 e. The Morgan fingerprint density at radius 1 is 0.957 bits per heavy atom. The van der Waals surface area contributed by atoms with Crippen molar-refractivity contribution in [3.8, 4) is 16.2 Å². The number of aliphatic hydroxyl groups excluding tert-OH is 1. The number of para-hydroxylation sites is 1. The van der Waals surface area contributed by atoms with Crippen molar-refractivity contribution in [2.45, 2.75) is 142 Å². The third kappa shape index (κ3) is 13.0. The molecule has 0 saturated carbocycles. The van der Waals surface area contributed by atoms with Gasteiger partial charge in [0.05, 0.1) is 34.8 Å². The minimum absolute atomic E-state index is 0.00171. The van der Waals surface area contributed by atoms with Gasteiger partial charge >= 0.3 is 0 Å². The lowest BCUT2D eigenvalue weighted by atomic mass is 9.85. The number of likely N-dealkylation sites (tertiary alicyclic amines) is 1. The van der Waals surface area contributed by atoms with Gasteiger partial charge in [0.1, 0.15) is 35.1 Å². The molecule has 5 aromatic rings. The lowest BCUT2D eigenvalue weighted by molar-refractivity contribution is -0.144. The summed E-state index contributed by atoms with van der Waals surface area (Å²) < 4.78 is 58.8. The molecular weight excluding hydrogens is 918 g/mol. The summed E-state index contributed by atoms with van der Waals surface area (Å²) in [7, 11) is 0. The molecule has 2 aliphatic heterocycles. The first kappa shape index (κ1) is 52.5. The summed E-state index contributed by atoms with van der Waals surface area (Å²) in [4.78, 5) is 52.7. The lowest BCUT2D eigenvalue weighted by Crippen LogP contribution is -2.57. The summed E-state index contributed by atoms with van der Waals surface area (Å²) in [5.74, 6) is -2.45. The molecule has 3 aromatic carbocycles. The third-order valence-corrected chi connectivity index (χ3v) is 14.2. The Hall–Kier alpha value is -5.29. The number of nitrogens with zero attached hydrogens (tertiary/aromatic N) is 3. The Bertz CT molecular complexity index is 2570. The molecule has 0 bridgehead atoms. The number of hydrogen-bond acceptors (Lipinski definition) is 9. The fraction of sp³-hybridized carbons (Fsp3) is 0.519. The average molecular weight is 987 g/mol. The SMILES string of the molecule is Cc1ncsc1-c1ccc(CNC(=O)[C@@H]2C[C@@H](O)CN2C(=O)C(NC(=O)CCCCOCCCCCOc2cc(F)c([C@@H]3c4[nH]c5ccccc5c4C[C@@H](C)N3CC(C)(C)F)c(F)c2)C(C)(C)C)cc1. The van der Waals surface area contributed by atoms with Crippen LogP contribution in [0.2, 0.25) is 0 Å². The van der Waals surface area contributed by atoms with Crippen molar-refractivity contribution in [1.82, 2.24) is 30.4 Å². The fourth-order valence-corrected chi connectivity index (χ4v) is 10.5. The average Bonchev–Trinajstić information content (AvgIpc) is 4.02. The number of alkyl halides is 1. The van der Waals surface area contributed by atoms with Gasteiger partial charge in [-0.15, -0.1) is 11.3 Å². The van der Waals surface area contributed by atoms with Gasteiger partial charge in [-0.25, -0.2) is 18.2 Å². The zero-order valence-corrected chi connectivity index (χ0v) is 42.3. The monoisotopic (exact) mass is 986 g/mol. The molecule has 4 N–H and O–H groups in total. The van der Waals surface area contributed by atoms with Gasteiger partial charge in [0, 0.05) is 86.0 Å². The number of nitrogens with one attached hydrogen (secondary N) is 3. The van der Waals surface area contributed by atoms with E-state index in [1.807, 2.05) is 93.6 Å². The quantitative estimate of drug-likeness (QED) is 0.0532. The van der Waals surface area contributed by atoms with Crippen LogP contribution in [0.4, 0.5) is 13.2 Å². The van der Waals surface area contributed by atoms with Crippen LogP contribution in [0.25, 0.3) is 21.3 Å². The third-order valence-electron chi connectivity index (χ3n) is 13.3. The molecule has 16 heteroatoms. The number of H-pyrrole nitrogens is 1. The molecule has 378 valence electrons. The van der Waals surface area contributed by atoms with Crippen molar-refractivity contribution in [3.63, 3.8) is 0 Å². The van der Waals surface area contributed by atoms with Crippen molar-refractivity contribution < 1.29 is 42.1 Å². The van der Waals surface area contributed by atoms with Crippen LogP contribution in [0.15, 0.2) is 66.2 Å². The van der Waals surface area contributed by atoms with E-state index >= 15 is 13.2 Å². The molecule has 5 atom stereocenters. The molecule has 1 fully saturated rings. The van der Waals surface area contributed by atoms with Crippen LogP contribution in [0.5, 0.6) is 5.75 Å².